The van der Waals surface area contributed by atoms with Gasteiger partial charge in [0, 0.05) is 12.1 Å². The van der Waals surface area contributed by atoms with Gasteiger partial charge in [-0.1, -0.05) is 42.5 Å². The highest BCUT2D eigenvalue weighted by atomic mass is 35.5. The van der Waals surface area contributed by atoms with Crippen LogP contribution >= 0.6 is 12.4 Å². The fraction of sp³-hybridized carbons (Fsp3) is 0.316. The van der Waals surface area contributed by atoms with Crippen LogP contribution in [0.4, 0.5) is 0 Å². The number of aryl methyl sites for hydroxylation is 1. The molecular formula is C19H25ClN2O2. The highest BCUT2D eigenvalue weighted by Gasteiger charge is 2.30. The molecule has 0 spiro atoms. The third-order valence-electron chi connectivity index (χ3n) is 3.81. The standard InChI is InChI=1S/C19H24N2O2.ClH/c1-4-23-17-12-14(2)10-11-15(17)13-21-18(22)19(3,20)16-8-6-5-7-9-16;/h5-12H,4,13,20H2,1-3H3,(H,21,22);1H. The van der Waals surface area contributed by atoms with Crippen molar-refractivity contribution in [3.63, 3.8) is 0 Å². The first-order valence-corrected chi connectivity index (χ1v) is 7.80. The van der Waals surface area contributed by atoms with Gasteiger partial charge >= 0.3 is 0 Å². The fourth-order valence-electron chi connectivity index (χ4n) is 2.37. The van der Waals surface area contributed by atoms with Gasteiger partial charge in [0.25, 0.3) is 0 Å². The molecule has 0 saturated heterocycles. The molecule has 5 heteroatoms. The van der Waals surface area contributed by atoms with Crippen molar-refractivity contribution >= 4 is 18.3 Å². The lowest BCUT2D eigenvalue weighted by Crippen LogP contribution is -2.48. The number of hydrogen-bond donors (Lipinski definition) is 2. The third kappa shape index (κ3) is 4.73. The van der Waals surface area contributed by atoms with E-state index in [1.165, 1.54) is 0 Å². The second kappa shape index (κ2) is 8.71. The van der Waals surface area contributed by atoms with Crippen LogP contribution in [0.3, 0.4) is 0 Å². The molecule has 0 radical (unpaired) electrons. The zero-order valence-corrected chi connectivity index (χ0v) is 15.2. The molecule has 0 saturated carbocycles. The van der Waals surface area contributed by atoms with Crippen molar-refractivity contribution in [3.05, 3.63) is 65.2 Å². The van der Waals surface area contributed by atoms with Crippen molar-refractivity contribution in [3.8, 4) is 5.75 Å². The molecule has 1 atom stereocenters. The number of nitrogens with two attached hydrogens (primary N) is 1. The zero-order valence-electron chi connectivity index (χ0n) is 14.3. The summed E-state index contributed by atoms with van der Waals surface area (Å²) < 4.78 is 5.64. The second-order valence-corrected chi connectivity index (χ2v) is 5.80. The van der Waals surface area contributed by atoms with E-state index in [0.717, 1.165) is 22.4 Å². The molecule has 3 N–H and O–H groups in total. The summed E-state index contributed by atoms with van der Waals surface area (Å²) in [6.45, 7) is 6.64. The molecular weight excluding hydrogens is 324 g/mol. The SMILES string of the molecule is CCOc1cc(C)ccc1CNC(=O)C(C)(N)c1ccccc1.Cl. The summed E-state index contributed by atoms with van der Waals surface area (Å²) in [7, 11) is 0. The molecule has 0 heterocycles. The molecule has 0 aliphatic carbocycles. The number of nitrogens with one attached hydrogen (secondary N) is 1. The Hall–Kier alpha value is -2.04. The minimum absolute atomic E-state index is 0. The van der Waals surface area contributed by atoms with Gasteiger partial charge in [0.1, 0.15) is 11.3 Å². The lowest BCUT2D eigenvalue weighted by atomic mass is 9.92. The van der Waals surface area contributed by atoms with E-state index in [4.69, 9.17) is 10.5 Å². The first-order chi connectivity index (χ1) is 10.9. The molecule has 1 unspecified atom stereocenters. The van der Waals surface area contributed by atoms with E-state index in [9.17, 15) is 4.79 Å². The highest BCUT2D eigenvalue weighted by molar-refractivity contribution is 5.87. The fourth-order valence-corrected chi connectivity index (χ4v) is 2.37. The Bertz CT molecular complexity index is 672. The Morgan fingerprint density at radius 2 is 1.88 bits per heavy atom. The number of carbonyl (C=O) groups excluding carboxylic acids is 1. The first kappa shape index (κ1) is 20.0. The summed E-state index contributed by atoms with van der Waals surface area (Å²) in [5.74, 6) is 0.581. The van der Waals surface area contributed by atoms with E-state index in [1.54, 1.807) is 6.92 Å². The molecule has 2 aromatic carbocycles. The molecule has 2 rings (SSSR count). The van der Waals surface area contributed by atoms with Crippen LogP contribution in [0, 0.1) is 6.92 Å². The van der Waals surface area contributed by atoms with Crippen LogP contribution in [0.15, 0.2) is 48.5 Å². The van der Waals surface area contributed by atoms with Gasteiger partial charge in [-0.15, -0.1) is 12.4 Å². The molecule has 0 aliphatic rings. The van der Waals surface area contributed by atoms with Crippen molar-refractivity contribution in [2.24, 2.45) is 5.73 Å². The van der Waals surface area contributed by atoms with Crippen LogP contribution < -0.4 is 15.8 Å². The van der Waals surface area contributed by atoms with Crippen LogP contribution in [-0.4, -0.2) is 12.5 Å². The van der Waals surface area contributed by atoms with Gasteiger partial charge in [-0.05, 0) is 38.0 Å². The normalized spacial score (nSPS) is 12.7. The minimum Gasteiger partial charge on any atom is -0.494 e. The summed E-state index contributed by atoms with van der Waals surface area (Å²) in [6, 6.07) is 15.3. The zero-order chi connectivity index (χ0) is 16.9. The molecule has 2 aromatic rings. The second-order valence-electron chi connectivity index (χ2n) is 5.80. The predicted octanol–water partition coefficient (Wildman–Crippen LogP) is 3.31. The predicted molar refractivity (Wildman–Crippen MR) is 99.4 cm³/mol. The summed E-state index contributed by atoms with van der Waals surface area (Å²) in [6.07, 6.45) is 0. The van der Waals surface area contributed by atoms with Crippen LogP contribution in [0.1, 0.15) is 30.5 Å². The molecule has 130 valence electrons. The van der Waals surface area contributed by atoms with Crippen LogP contribution in [0.2, 0.25) is 0 Å². The molecule has 4 nitrogen and oxygen atoms in total. The van der Waals surface area contributed by atoms with E-state index in [0.29, 0.717) is 13.2 Å². The number of halogens is 1. The van der Waals surface area contributed by atoms with E-state index >= 15 is 0 Å². The quantitative estimate of drug-likeness (QED) is 0.841. The van der Waals surface area contributed by atoms with Crippen LogP contribution in [-0.2, 0) is 16.9 Å². The van der Waals surface area contributed by atoms with E-state index in [2.05, 4.69) is 5.32 Å². The van der Waals surface area contributed by atoms with Gasteiger partial charge in [-0.2, -0.15) is 0 Å². The maximum atomic E-state index is 12.5. The average molecular weight is 349 g/mol. The Balaban J connectivity index is 0.00000288. The van der Waals surface area contributed by atoms with Crippen LogP contribution in [0.5, 0.6) is 5.75 Å². The smallest absolute Gasteiger partial charge is 0.244 e. The number of amides is 1. The van der Waals surface area contributed by atoms with Crippen molar-refractivity contribution in [1.82, 2.24) is 5.32 Å². The van der Waals surface area contributed by atoms with Gasteiger partial charge in [0.2, 0.25) is 5.91 Å². The summed E-state index contributed by atoms with van der Waals surface area (Å²) in [5.41, 5.74) is 8.00. The molecule has 0 fully saturated rings. The Kier molecular flexibility index (Phi) is 7.26. The molecule has 1 amide bonds. The monoisotopic (exact) mass is 348 g/mol. The number of benzene rings is 2. The van der Waals surface area contributed by atoms with Crippen molar-refractivity contribution in [2.75, 3.05) is 6.61 Å². The maximum Gasteiger partial charge on any atom is 0.244 e. The van der Waals surface area contributed by atoms with E-state index < -0.39 is 5.54 Å². The summed E-state index contributed by atoms with van der Waals surface area (Å²) >= 11 is 0. The summed E-state index contributed by atoms with van der Waals surface area (Å²) in [4.78, 5) is 12.5. The van der Waals surface area contributed by atoms with Gasteiger partial charge in [-0.3, -0.25) is 4.79 Å². The molecule has 24 heavy (non-hydrogen) atoms. The highest BCUT2D eigenvalue weighted by Crippen LogP contribution is 2.22. The van der Waals surface area contributed by atoms with Gasteiger partial charge in [0.15, 0.2) is 0 Å². The van der Waals surface area contributed by atoms with Crippen LogP contribution in [0.25, 0.3) is 0 Å². The Labute approximate surface area is 149 Å². The number of rotatable bonds is 6. The first-order valence-electron chi connectivity index (χ1n) is 7.80. The van der Waals surface area contributed by atoms with E-state index in [-0.39, 0.29) is 18.3 Å². The maximum absolute atomic E-state index is 12.5. The lowest BCUT2D eigenvalue weighted by Gasteiger charge is -2.24. The average Bonchev–Trinajstić information content (AvgIpc) is 2.55. The number of carbonyl (C=O) groups is 1. The Morgan fingerprint density at radius 1 is 1.21 bits per heavy atom. The summed E-state index contributed by atoms with van der Waals surface area (Å²) in [5, 5.41) is 2.91. The van der Waals surface area contributed by atoms with Gasteiger partial charge < -0.3 is 15.8 Å². The lowest BCUT2D eigenvalue weighted by molar-refractivity contribution is -0.126. The van der Waals surface area contributed by atoms with E-state index in [1.807, 2.05) is 62.4 Å². The topological polar surface area (TPSA) is 64.3 Å². The third-order valence-corrected chi connectivity index (χ3v) is 3.81. The number of ether oxygens (including phenoxy) is 1. The number of hydrogen-bond acceptors (Lipinski definition) is 3. The molecule has 0 aliphatic heterocycles. The largest absolute Gasteiger partial charge is 0.494 e. The van der Waals surface area contributed by atoms with Gasteiger partial charge in [-0.25, -0.2) is 0 Å². The van der Waals surface area contributed by atoms with Crippen molar-refractivity contribution in [2.45, 2.75) is 32.9 Å². The molecule has 0 aromatic heterocycles. The molecule has 0 bridgehead atoms. The van der Waals surface area contributed by atoms with Crippen molar-refractivity contribution < 1.29 is 9.53 Å². The van der Waals surface area contributed by atoms with Gasteiger partial charge in [0.05, 0.1) is 6.61 Å². The Morgan fingerprint density at radius 3 is 2.50 bits per heavy atom. The van der Waals surface area contributed by atoms with Crippen molar-refractivity contribution in [1.29, 1.82) is 0 Å². The minimum atomic E-state index is -1.07.